The molecule has 0 fully saturated rings. The number of likely N-dealkylation sites (N-methyl/N-ethyl adjacent to an activating group) is 1. The zero-order valence-corrected chi connectivity index (χ0v) is 37.1. The van der Waals surface area contributed by atoms with Crippen LogP contribution in [0.4, 0.5) is 5.69 Å². The Morgan fingerprint density at radius 3 is 2.20 bits per heavy atom. The van der Waals surface area contributed by atoms with Crippen molar-refractivity contribution in [2.45, 2.75) is 70.0 Å². The van der Waals surface area contributed by atoms with E-state index in [4.69, 9.17) is 32.7 Å². The van der Waals surface area contributed by atoms with Crippen LogP contribution in [0.15, 0.2) is 133 Å². The molecule has 10 nitrogen and oxygen atoms in total. The number of carboxylic acids is 1. The molecule has 0 spiro atoms. The molecule has 0 saturated carbocycles. The highest BCUT2D eigenvalue weighted by Crippen LogP contribution is 2.44. The second kappa shape index (κ2) is 18.6. The van der Waals surface area contributed by atoms with E-state index in [0.717, 1.165) is 38.9 Å². The van der Waals surface area contributed by atoms with Gasteiger partial charge in [0.15, 0.2) is 0 Å². The summed E-state index contributed by atoms with van der Waals surface area (Å²) >= 11 is 12.2. The summed E-state index contributed by atoms with van der Waals surface area (Å²) in [7, 11) is 1.72. The highest BCUT2D eigenvalue weighted by molar-refractivity contribution is 6.42. The Morgan fingerprint density at radius 2 is 1.56 bits per heavy atom. The quantitative estimate of drug-likeness (QED) is 0.117. The molecule has 0 radical (unpaired) electrons. The highest BCUT2D eigenvalue weighted by Gasteiger charge is 2.43. The van der Waals surface area contributed by atoms with Crippen molar-refractivity contribution in [3.05, 3.63) is 182 Å². The molecule has 64 heavy (non-hydrogen) atoms. The maximum Gasteiger partial charge on any atom is 0.329 e. The Morgan fingerprint density at radius 1 is 0.891 bits per heavy atom. The molecule has 6 aromatic rings. The van der Waals surface area contributed by atoms with Crippen LogP contribution >= 0.6 is 23.2 Å². The molecule has 2 aliphatic heterocycles. The highest BCUT2D eigenvalue weighted by atomic mass is 35.5. The molecular weight excluding hydrogens is 847 g/mol. The van der Waals surface area contributed by atoms with Crippen LogP contribution in [0.5, 0.6) is 11.5 Å². The molecule has 0 bridgehead atoms. The van der Waals surface area contributed by atoms with Crippen molar-refractivity contribution in [1.29, 1.82) is 5.26 Å². The number of hydrogen-bond acceptors (Lipinski definition) is 7. The first-order valence-corrected chi connectivity index (χ1v) is 21.8. The van der Waals surface area contributed by atoms with Crippen LogP contribution in [0.1, 0.15) is 71.4 Å². The van der Waals surface area contributed by atoms with Crippen molar-refractivity contribution in [2.75, 3.05) is 11.9 Å². The normalized spacial score (nSPS) is 17.2. The van der Waals surface area contributed by atoms with Gasteiger partial charge in [0.05, 0.1) is 33.4 Å². The summed E-state index contributed by atoms with van der Waals surface area (Å²) in [5.74, 6) is -0.642. The maximum absolute atomic E-state index is 14.7. The lowest BCUT2D eigenvalue weighted by atomic mass is 9.87. The minimum absolute atomic E-state index is 0.0499. The topological polar surface area (TPSA) is 132 Å². The van der Waals surface area contributed by atoms with Gasteiger partial charge in [-0.15, -0.1) is 0 Å². The third-order valence-electron chi connectivity index (χ3n) is 12.2. The number of anilines is 1. The number of nitrogens with zero attached hydrogens (tertiary/aromatic N) is 3. The number of rotatable bonds is 13. The zero-order valence-electron chi connectivity index (χ0n) is 35.6. The second-order valence-corrected chi connectivity index (χ2v) is 17.3. The molecule has 2 amide bonds. The van der Waals surface area contributed by atoms with Crippen LogP contribution in [0, 0.1) is 11.3 Å². The molecule has 4 atom stereocenters. The molecule has 1 unspecified atom stereocenters. The molecule has 2 heterocycles. The van der Waals surface area contributed by atoms with Gasteiger partial charge >= 0.3 is 5.97 Å². The number of nitrogens with one attached hydrogen (secondary N) is 1. The third kappa shape index (κ3) is 9.20. The SMILES string of the molecule is CCC(c1ccccc1)N1Cc2cc3c(cc2C[C@H]1C(=O)N[C@@](C)(Cc1ccc(-c2ccc(C#N)cc2)cc1)C(=O)O)N(C)C(=O)[C@H](c1ccc(OCc2ccc(Cl)c(Cl)c2)cc1)O3. The van der Waals surface area contributed by atoms with Crippen molar-refractivity contribution in [3.63, 3.8) is 0 Å². The Bertz CT molecular complexity index is 2740. The number of carbonyl (C=O) groups is 3. The van der Waals surface area contributed by atoms with E-state index in [2.05, 4.69) is 23.2 Å². The molecule has 6 aromatic carbocycles. The zero-order chi connectivity index (χ0) is 45.1. The van der Waals surface area contributed by atoms with Crippen molar-refractivity contribution in [3.8, 4) is 28.7 Å². The first-order valence-electron chi connectivity index (χ1n) is 21.1. The summed E-state index contributed by atoms with van der Waals surface area (Å²) in [5.41, 5.74) is 6.51. The predicted octanol–water partition coefficient (Wildman–Crippen LogP) is 10.3. The summed E-state index contributed by atoms with van der Waals surface area (Å²) in [6, 6.07) is 42.5. The van der Waals surface area contributed by atoms with Gasteiger partial charge in [-0.3, -0.25) is 14.5 Å². The molecule has 0 aromatic heterocycles. The van der Waals surface area contributed by atoms with Gasteiger partial charge in [0, 0.05) is 31.6 Å². The van der Waals surface area contributed by atoms with E-state index >= 15 is 0 Å². The van der Waals surface area contributed by atoms with Crippen LogP contribution in [-0.4, -0.2) is 46.4 Å². The largest absolute Gasteiger partial charge is 0.489 e. The lowest BCUT2D eigenvalue weighted by molar-refractivity contribution is -0.148. The summed E-state index contributed by atoms with van der Waals surface area (Å²) in [6.45, 7) is 4.29. The molecule has 2 N–H and O–H groups in total. The Kier molecular flexibility index (Phi) is 12.8. The van der Waals surface area contributed by atoms with E-state index in [1.165, 1.54) is 0 Å². The van der Waals surface area contributed by atoms with Gasteiger partial charge in [-0.25, -0.2) is 4.79 Å². The van der Waals surface area contributed by atoms with Crippen molar-refractivity contribution >= 4 is 46.7 Å². The third-order valence-corrected chi connectivity index (χ3v) is 12.9. The van der Waals surface area contributed by atoms with Gasteiger partial charge in [0.25, 0.3) is 5.91 Å². The summed E-state index contributed by atoms with van der Waals surface area (Å²) < 4.78 is 12.5. The average molecular weight is 894 g/mol. The monoisotopic (exact) mass is 892 g/mol. The minimum atomic E-state index is -1.63. The number of carboxylic acid groups (broad SMARTS) is 1. The maximum atomic E-state index is 14.7. The number of fused-ring (bicyclic) bond motifs is 2. The summed E-state index contributed by atoms with van der Waals surface area (Å²) in [5, 5.41) is 23.7. The smallest absolute Gasteiger partial charge is 0.329 e. The molecule has 12 heteroatoms. The molecule has 0 aliphatic carbocycles. The van der Waals surface area contributed by atoms with Gasteiger partial charge in [-0.1, -0.05) is 115 Å². The Hall–Kier alpha value is -6.64. The van der Waals surface area contributed by atoms with E-state index in [1.807, 2.05) is 97.1 Å². The standard InChI is InChI=1S/C52H46Cl2N4O6/c1-4-44(37-8-6-5-7-9-37)58-30-40-27-47-45(57(3)50(60)48(64-47)38-19-21-41(22-20-38)63-31-34-14-23-42(53)43(54)24-34)25-39(40)26-46(58)49(59)56-52(2,51(61)62)28-32-10-15-35(16-11-32)36-17-12-33(29-55)13-18-36/h5-25,27,44,46,48H,4,26,28,30-31H2,1-3H3,(H,56,59)(H,61,62)/t44?,46-,48-,52-/m0/s1. The Balaban J connectivity index is 1.04. The first-order chi connectivity index (χ1) is 30.8. The summed E-state index contributed by atoms with van der Waals surface area (Å²) in [4.78, 5) is 45.4. The number of aliphatic carboxylic acids is 1. The van der Waals surface area contributed by atoms with Crippen molar-refractivity contribution in [1.82, 2.24) is 10.2 Å². The fourth-order valence-corrected chi connectivity index (χ4v) is 8.91. The number of ether oxygens (including phenoxy) is 2. The molecule has 8 rings (SSSR count). The van der Waals surface area contributed by atoms with Crippen LogP contribution < -0.4 is 19.7 Å². The van der Waals surface area contributed by atoms with Gasteiger partial charge < -0.3 is 24.8 Å². The van der Waals surface area contributed by atoms with Gasteiger partial charge in [-0.05, 0) is 107 Å². The predicted molar refractivity (Wildman–Crippen MR) is 247 cm³/mol. The minimum Gasteiger partial charge on any atom is -0.489 e. The van der Waals surface area contributed by atoms with Crippen LogP contribution in [0.3, 0.4) is 0 Å². The molecular formula is C52H46Cl2N4O6. The van der Waals surface area contributed by atoms with E-state index in [1.54, 1.807) is 55.3 Å². The summed E-state index contributed by atoms with van der Waals surface area (Å²) in [6.07, 6.45) is 0.126. The number of nitriles is 1. The fourth-order valence-electron chi connectivity index (χ4n) is 8.59. The first kappa shape index (κ1) is 44.0. The van der Waals surface area contributed by atoms with Gasteiger partial charge in [0.1, 0.15) is 23.6 Å². The van der Waals surface area contributed by atoms with Crippen molar-refractivity contribution < 1.29 is 29.0 Å². The lowest BCUT2D eigenvalue weighted by Crippen LogP contribution is -2.60. The van der Waals surface area contributed by atoms with Gasteiger partial charge in [-0.2, -0.15) is 5.26 Å². The number of carbonyl (C=O) groups excluding carboxylic acids is 2. The lowest BCUT2D eigenvalue weighted by Gasteiger charge is -2.43. The molecule has 0 saturated heterocycles. The van der Waals surface area contributed by atoms with Crippen molar-refractivity contribution in [2.24, 2.45) is 0 Å². The molecule has 2 aliphatic rings. The Labute approximate surface area is 382 Å². The van der Waals surface area contributed by atoms with Crippen LogP contribution in [-0.2, 0) is 40.4 Å². The van der Waals surface area contributed by atoms with E-state index in [0.29, 0.717) is 51.3 Å². The van der Waals surface area contributed by atoms with Crippen LogP contribution in [0.25, 0.3) is 11.1 Å². The number of benzene rings is 6. The fraction of sp³-hybridized carbons (Fsp3) is 0.231. The average Bonchev–Trinajstić information content (AvgIpc) is 3.31. The number of hydrogen-bond donors (Lipinski definition) is 2. The van der Waals surface area contributed by atoms with E-state index < -0.39 is 29.6 Å². The van der Waals surface area contributed by atoms with Crippen LogP contribution in [0.2, 0.25) is 10.0 Å². The second-order valence-electron chi connectivity index (χ2n) is 16.5. The molecule has 324 valence electrons. The number of amides is 2. The van der Waals surface area contributed by atoms with E-state index in [9.17, 15) is 24.8 Å². The van der Waals surface area contributed by atoms with E-state index in [-0.39, 0.29) is 31.4 Å². The number of halogens is 2. The van der Waals surface area contributed by atoms with Gasteiger partial charge in [0.2, 0.25) is 12.0 Å².